The Balaban J connectivity index is 2.10. The number of amides is 1. The molecular formula is C18H22N2O. The first-order valence-corrected chi connectivity index (χ1v) is 7.08. The highest BCUT2D eigenvalue weighted by molar-refractivity contribution is 6.04. The molecule has 0 spiro atoms. The first kappa shape index (κ1) is 15.1. The Morgan fingerprint density at radius 1 is 0.952 bits per heavy atom. The van der Waals surface area contributed by atoms with E-state index in [2.05, 4.69) is 38.0 Å². The Morgan fingerprint density at radius 2 is 1.52 bits per heavy atom. The van der Waals surface area contributed by atoms with Crippen molar-refractivity contribution in [3.63, 3.8) is 0 Å². The molecule has 2 rings (SSSR count). The second-order valence-corrected chi connectivity index (χ2v) is 6.10. The van der Waals surface area contributed by atoms with Crippen LogP contribution in [-0.4, -0.2) is 18.5 Å². The largest absolute Gasteiger partial charge is 0.370 e. The average Bonchev–Trinajstić information content (AvgIpc) is 2.46. The zero-order chi connectivity index (χ0) is 15.5. The van der Waals surface area contributed by atoms with Gasteiger partial charge in [0.1, 0.15) is 0 Å². The molecule has 0 aliphatic carbocycles. The van der Waals surface area contributed by atoms with Crippen molar-refractivity contribution in [1.29, 1.82) is 0 Å². The van der Waals surface area contributed by atoms with Crippen molar-refractivity contribution in [2.24, 2.45) is 0 Å². The molecule has 0 fully saturated rings. The molecule has 0 aliphatic rings. The van der Waals surface area contributed by atoms with Gasteiger partial charge < -0.3 is 10.2 Å². The summed E-state index contributed by atoms with van der Waals surface area (Å²) in [6.07, 6.45) is 0. The molecule has 0 aromatic heterocycles. The predicted molar refractivity (Wildman–Crippen MR) is 89.0 cm³/mol. The summed E-state index contributed by atoms with van der Waals surface area (Å²) in [4.78, 5) is 14.4. The molecule has 0 bridgehead atoms. The van der Waals surface area contributed by atoms with E-state index in [1.54, 1.807) is 0 Å². The molecule has 1 N–H and O–H groups in total. The van der Waals surface area contributed by atoms with Crippen molar-refractivity contribution in [2.45, 2.75) is 26.3 Å². The molecule has 3 heteroatoms. The Hall–Kier alpha value is -2.29. The van der Waals surface area contributed by atoms with Crippen molar-refractivity contribution in [1.82, 2.24) is 0 Å². The fourth-order valence-corrected chi connectivity index (χ4v) is 1.95. The SMILES string of the molecule is CN(c1ccc(C(=O)Nc2ccccc2)cc1)C(C)(C)C. The lowest BCUT2D eigenvalue weighted by Crippen LogP contribution is -2.37. The second kappa shape index (κ2) is 6.00. The Bertz CT molecular complexity index is 597. The molecule has 1 amide bonds. The van der Waals surface area contributed by atoms with Gasteiger partial charge in [0.2, 0.25) is 0 Å². The molecule has 0 radical (unpaired) electrons. The third-order valence-electron chi connectivity index (χ3n) is 3.55. The Morgan fingerprint density at radius 3 is 2.05 bits per heavy atom. The topological polar surface area (TPSA) is 32.3 Å². The molecule has 0 saturated carbocycles. The van der Waals surface area contributed by atoms with Gasteiger partial charge in [0.15, 0.2) is 0 Å². The van der Waals surface area contributed by atoms with Gasteiger partial charge in [0.25, 0.3) is 5.91 Å². The predicted octanol–water partition coefficient (Wildman–Crippen LogP) is 4.17. The van der Waals surface area contributed by atoms with Gasteiger partial charge in [-0.3, -0.25) is 4.79 Å². The van der Waals surface area contributed by atoms with E-state index in [1.807, 2.05) is 54.6 Å². The highest BCUT2D eigenvalue weighted by atomic mass is 16.1. The summed E-state index contributed by atoms with van der Waals surface area (Å²) < 4.78 is 0. The summed E-state index contributed by atoms with van der Waals surface area (Å²) in [5.74, 6) is -0.0915. The summed E-state index contributed by atoms with van der Waals surface area (Å²) in [6.45, 7) is 6.47. The molecule has 0 saturated heterocycles. The van der Waals surface area contributed by atoms with E-state index in [0.29, 0.717) is 5.56 Å². The maximum atomic E-state index is 12.2. The first-order chi connectivity index (χ1) is 9.88. The molecule has 0 unspecified atom stereocenters. The zero-order valence-electron chi connectivity index (χ0n) is 13.1. The fourth-order valence-electron chi connectivity index (χ4n) is 1.95. The minimum atomic E-state index is -0.0915. The van der Waals surface area contributed by atoms with Crippen LogP contribution in [0.2, 0.25) is 0 Å². The standard InChI is InChI=1S/C18H22N2O/c1-18(2,3)20(4)16-12-10-14(11-13-16)17(21)19-15-8-6-5-7-9-15/h5-13H,1-4H3,(H,19,21). The molecule has 0 atom stereocenters. The number of hydrogen-bond donors (Lipinski definition) is 1. The molecule has 3 nitrogen and oxygen atoms in total. The molecule has 2 aromatic rings. The number of carbonyl (C=O) groups is 1. The summed E-state index contributed by atoms with van der Waals surface area (Å²) in [5.41, 5.74) is 2.61. The number of carbonyl (C=O) groups excluding carboxylic acids is 1. The van der Waals surface area contributed by atoms with Gasteiger partial charge in [0.05, 0.1) is 0 Å². The summed E-state index contributed by atoms with van der Waals surface area (Å²) in [5, 5.41) is 2.88. The summed E-state index contributed by atoms with van der Waals surface area (Å²) >= 11 is 0. The van der Waals surface area contributed by atoms with Gasteiger partial charge in [-0.05, 0) is 57.2 Å². The van der Waals surface area contributed by atoms with Gasteiger partial charge in [-0.1, -0.05) is 18.2 Å². The second-order valence-electron chi connectivity index (χ2n) is 6.10. The van der Waals surface area contributed by atoms with Gasteiger partial charge in [0, 0.05) is 29.5 Å². The summed E-state index contributed by atoms with van der Waals surface area (Å²) in [6, 6.07) is 17.1. The van der Waals surface area contributed by atoms with Gasteiger partial charge >= 0.3 is 0 Å². The minimum Gasteiger partial charge on any atom is -0.370 e. The van der Waals surface area contributed by atoms with E-state index in [1.165, 1.54) is 0 Å². The van der Waals surface area contributed by atoms with Crippen LogP contribution in [0.4, 0.5) is 11.4 Å². The average molecular weight is 282 g/mol. The minimum absolute atomic E-state index is 0.0494. The van der Waals surface area contributed by atoms with E-state index < -0.39 is 0 Å². The van der Waals surface area contributed by atoms with Crippen LogP contribution < -0.4 is 10.2 Å². The quantitative estimate of drug-likeness (QED) is 0.916. The van der Waals surface area contributed by atoms with Crippen molar-refractivity contribution in [3.8, 4) is 0 Å². The number of nitrogens with one attached hydrogen (secondary N) is 1. The molecule has 0 heterocycles. The van der Waals surface area contributed by atoms with Crippen molar-refractivity contribution < 1.29 is 4.79 Å². The van der Waals surface area contributed by atoms with Crippen molar-refractivity contribution in [2.75, 3.05) is 17.3 Å². The molecule has 0 aliphatic heterocycles. The van der Waals surface area contributed by atoms with Crippen molar-refractivity contribution >= 4 is 17.3 Å². The zero-order valence-corrected chi connectivity index (χ0v) is 13.1. The lowest BCUT2D eigenvalue weighted by Gasteiger charge is -2.34. The van der Waals surface area contributed by atoms with Crippen molar-refractivity contribution in [3.05, 3.63) is 60.2 Å². The maximum Gasteiger partial charge on any atom is 0.255 e. The number of hydrogen-bond acceptors (Lipinski definition) is 2. The molecule has 110 valence electrons. The Kier molecular flexibility index (Phi) is 4.32. The highest BCUT2D eigenvalue weighted by Gasteiger charge is 2.17. The number of nitrogens with zero attached hydrogens (tertiary/aromatic N) is 1. The highest BCUT2D eigenvalue weighted by Crippen LogP contribution is 2.22. The van der Waals surface area contributed by atoms with Crippen LogP contribution in [0.5, 0.6) is 0 Å². The number of benzene rings is 2. The summed E-state index contributed by atoms with van der Waals surface area (Å²) in [7, 11) is 2.05. The normalized spacial score (nSPS) is 11.0. The van der Waals surface area contributed by atoms with Crippen LogP contribution in [-0.2, 0) is 0 Å². The van der Waals surface area contributed by atoms with E-state index in [4.69, 9.17) is 0 Å². The number of anilines is 2. The lowest BCUT2D eigenvalue weighted by molar-refractivity contribution is 0.102. The van der Waals surface area contributed by atoms with Crippen LogP contribution in [0.3, 0.4) is 0 Å². The third kappa shape index (κ3) is 3.85. The van der Waals surface area contributed by atoms with Gasteiger partial charge in [-0.2, -0.15) is 0 Å². The van der Waals surface area contributed by atoms with E-state index in [9.17, 15) is 4.79 Å². The Labute approximate surface area is 126 Å². The number of para-hydroxylation sites is 1. The van der Waals surface area contributed by atoms with Crippen LogP contribution >= 0.6 is 0 Å². The van der Waals surface area contributed by atoms with E-state index in [-0.39, 0.29) is 11.4 Å². The molecule has 21 heavy (non-hydrogen) atoms. The van der Waals surface area contributed by atoms with Crippen LogP contribution in [0.1, 0.15) is 31.1 Å². The van der Waals surface area contributed by atoms with Crippen LogP contribution in [0.15, 0.2) is 54.6 Å². The molecular weight excluding hydrogens is 260 g/mol. The molecule has 2 aromatic carbocycles. The third-order valence-corrected chi connectivity index (χ3v) is 3.55. The van der Waals surface area contributed by atoms with E-state index in [0.717, 1.165) is 11.4 Å². The van der Waals surface area contributed by atoms with E-state index >= 15 is 0 Å². The van der Waals surface area contributed by atoms with Crippen LogP contribution in [0, 0.1) is 0 Å². The maximum absolute atomic E-state index is 12.2. The van der Waals surface area contributed by atoms with Gasteiger partial charge in [-0.25, -0.2) is 0 Å². The lowest BCUT2D eigenvalue weighted by atomic mass is 10.1. The van der Waals surface area contributed by atoms with Crippen LogP contribution in [0.25, 0.3) is 0 Å². The fraction of sp³-hybridized carbons (Fsp3) is 0.278. The smallest absolute Gasteiger partial charge is 0.255 e. The monoisotopic (exact) mass is 282 g/mol. The number of rotatable bonds is 3. The first-order valence-electron chi connectivity index (χ1n) is 7.08. The van der Waals surface area contributed by atoms with Gasteiger partial charge in [-0.15, -0.1) is 0 Å².